The van der Waals surface area contributed by atoms with Crippen molar-refractivity contribution in [1.82, 2.24) is 9.13 Å². The summed E-state index contributed by atoms with van der Waals surface area (Å²) in [5, 5.41) is 8.29. The van der Waals surface area contributed by atoms with Crippen molar-refractivity contribution in [3.8, 4) is 33.6 Å². The smallest absolute Gasteiger partial charge is 0.135 e. The Morgan fingerprint density at radius 2 is 0.828 bits per heavy atom. The summed E-state index contributed by atoms with van der Waals surface area (Å²) in [4.78, 5) is 0. The predicted molar refractivity (Wildman–Crippen MR) is 240 cm³/mol. The van der Waals surface area contributed by atoms with Crippen LogP contribution in [-0.2, 0) is 6.42 Å². The van der Waals surface area contributed by atoms with Crippen LogP contribution in [-0.4, -0.2) is 9.13 Å². The highest BCUT2D eigenvalue weighted by atomic mass is 16.3. The Labute approximate surface area is 333 Å². The largest absolute Gasteiger partial charge is 0.456 e. The maximum Gasteiger partial charge on any atom is 0.135 e. The van der Waals surface area contributed by atoms with Gasteiger partial charge in [-0.3, -0.25) is 0 Å². The molecule has 4 heteroatoms. The number of rotatable bonds is 4. The second-order valence-corrected chi connectivity index (χ2v) is 15.6. The first kappa shape index (κ1) is 31.6. The molecule has 0 atom stereocenters. The van der Waals surface area contributed by atoms with Crippen LogP contribution in [0.5, 0.6) is 0 Å². The van der Waals surface area contributed by atoms with E-state index in [0.29, 0.717) is 0 Å². The van der Waals surface area contributed by atoms with Gasteiger partial charge in [-0.2, -0.15) is 0 Å². The molecule has 12 aromatic rings. The highest BCUT2D eigenvalue weighted by Gasteiger charge is 2.20. The van der Waals surface area contributed by atoms with Gasteiger partial charge in [0.05, 0.1) is 16.6 Å². The summed E-state index contributed by atoms with van der Waals surface area (Å²) in [6.45, 7) is 0. The Bertz CT molecular complexity index is 3640. The predicted octanol–water partition coefficient (Wildman–Crippen LogP) is 14.8. The third-order valence-corrected chi connectivity index (χ3v) is 12.4. The van der Waals surface area contributed by atoms with E-state index < -0.39 is 0 Å². The summed E-state index contributed by atoms with van der Waals surface area (Å²) < 4.78 is 17.6. The number of benzene rings is 8. The Balaban J connectivity index is 0.905. The standard InChI is InChI=1S/C54H34N2O2/c1-5-16-47-39(12-1)40-13-2-6-17-48(40)55(47)37-22-26-53-45(31-37)43-29-35(20-24-51(43)57-53)33-10-9-11-34(28-33)36-21-25-52-44(30-36)46-32-38(23-27-54(46)58-52)56-49-18-7-3-14-41(49)42-15-4-8-19-50(42)56/h1-3,5-14,16-32H,4,15H2. The van der Waals surface area contributed by atoms with Gasteiger partial charge in [0.25, 0.3) is 0 Å². The van der Waals surface area contributed by atoms with Crippen LogP contribution in [0.4, 0.5) is 0 Å². The van der Waals surface area contributed by atoms with Crippen LogP contribution in [0.1, 0.15) is 17.7 Å². The van der Waals surface area contributed by atoms with Gasteiger partial charge in [-0.25, -0.2) is 0 Å². The van der Waals surface area contributed by atoms with Gasteiger partial charge < -0.3 is 18.0 Å². The number of aryl methyl sites for hydroxylation is 1. The molecule has 4 nitrogen and oxygen atoms in total. The molecule has 1 aliphatic rings. The maximum atomic E-state index is 6.42. The fraction of sp³-hybridized carbons (Fsp3) is 0.0370. The van der Waals surface area contributed by atoms with Gasteiger partial charge in [0, 0.05) is 54.8 Å². The van der Waals surface area contributed by atoms with Crippen molar-refractivity contribution >= 4 is 82.7 Å². The molecular formula is C54H34N2O2. The summed E-state index contributed by atoms with van der Waals surface area (Å²) >= 11 is 0. The molecule has 0 spiro atoms. The van der Waals surface area contributed by atoms with Gasteiger partial charge in [0.2, 0.25) is 0 Å². The average Bonchev–Trinajstić information content (AvgIpc) is 4.03. The van der Waals surface area contributed by atoms with E-state index in [2.05, 4.69) is 191 Å². The number of hydrogen-bond acceptors (Lipinski definition) is 2. The van der Waals surface area contributed by atoms with Crippen LogP contribution < -0.4 is 0 Å². The second-order valence-electron chi connectivity index (χ2n) is 15.6. The third-order valence-electron chi connectivity index (χ3n) is 12.4. The van der Waals surface area contributed by atoms with Crippen molar-refractivity contribution in [3.05, 3.63) is 187 Å². The molecule has 58 heavy (non-hydrogen) atoms. The molecule has 13 rings (SSSR count). The van der Waals surface area contributed by atoms with E-state index in [1.165, 1.54) is 44.0 Å². The van der Waals surface area contributed by atoms with Crippen molar-refractivity contribution in [2.75, 3.05) is 0 Å². The van der Waals surface area contributed by atoms with Gasteiger partial charge in [0.15, 0.2) is 0 Å². The molecule has 0 N–H and O–H groups in total. The molecule has 0 fully saturated rings. The Morgan fingerprint density at radius 1 is 0.362 bits per heavy atom. The van der Waals surface area contributed by atoms with Crippen molar-refractivity contribution < 1.29 is 8.83 Å². The molecule has 1 aliphatic carbocycles. The SMILES string of the molecule is C1=Cc2c(c3ccccc3n2-c2ccc3oc4ccc(-c5cccc(-c6ccc7oc8ccc(-n9c%10ccccc%10c%10ccccc%109)cc8c7c6)c5)cc4c3c2)CC1. The molecular weight excluding hydrogens is 709 g/mol. The second kappa shape index (κ2) is 12.0. The number of fused-ring (bicyclic) bond motifs is 12. The summed E-state index contributed by atoms with van der Waals surface area (Å²) in [7, 11) is 0. The number of hydrogen-bond donors (Lipinski definition) is 0. The van der Waals surface area contributed by atoms with E-state index in [0.717, 1.165) is 90.3 Å². The number of nitrogens with zero attached hydrogens (tertiary/aromatic N) is 2. The molecule has 4 heterocycles. The first-order valence-electron chi connectivity index (χ1n) is 20.0. The highest BCUT2D eigenvalue weighted by molar-refractivity contribution is 6.11. The van der Waals surface area contributed by atoms with Gasteiger partial charge in [0.1, 0.15) is 22.3 Å². The fourth-order valence-electron chi connectivity index (χ4n) is 9.71. The summed E-state index contributed by atoms with van der Waals surface area (Å²) in [5.41, 5.74) is 16.8. The zero-order valence-corrected chi connectivity index (χ0v) is 31.4. The van der Waals surface area contributed by atoms with Crippen LogP contribution in [0.15, 0.2) is 185 Å². The van der Waals surface area contributed by atoms with E-state index >= 15 is 0 Å². The normalized spacial score (nSPS) is 13.0. The van der Waals surface area contributed by atoms with Gasteiger partial charge in [-0.05, 0) is 132 Å². The van der Waals surface area contributed by atoms with E-state index in [1.807, 2.05) is 0 Å². The number of para-hydroxylation sites is 3. The molecule has 272 valence electrons. The Morgan fingerprint density at radius 3 is 1.41 bits per heavy atom. The molecule has 0 saturated heterocycles. The molecule has 0 aliphatic heterocycles. The van der Waals surface area contributed by atoms with Crippen LogP contribution in [0.2, 0.25) is 0 Å². The molecule has 0 amide bonds. The maximum absolute atomic E-state index is 6.42. The van der Waals surface area contributed by atoms with E-state index in [4.69, 9.17) is 8.83 Å². The molecule has 0 unspecified atom stereocenters. The lowest BCUT2D eigenvalue weighted by Crippen LogP contribution is -2.00. The summed E-state index contributed by atoms with van der Waals surface area (Å²) in [5.74, 6) is 0. The van der Waals surface area contributed by atoms with Crippen molar-refractivity contribution in [2.45, 2.75) is 12.8 Å². The van der Waals surface area contributed by atoms with Crippen LogP contribution >= 0.6 is 0 Å². The topological polar surface area (TPSA) is 36.1 Å². The number of aromatic nitrogens is 2. The lowest BCUT2D eigenvalue weighted by molar-refractivity contribution is 0.668. The number of allylic oxidation sites excluding steroid dienone is 1. The van der Waals surface area contributed by atoms with Crippen LogP contribution in [0.3, 0.4) is 0 Å². The fourth-order valence-corrected chi connectivity index (χ4v) is 9.71. The zero-order chi connectivity index (χ0) is 37.9. The minimum Gasteiger partial charge on any atom is -0.456 e. The van der Waals surface area contributed by atoms with Gasteiger partial charge in [-0.15, -0.1) is 0 Å². The van der Waals surface area contributed by atoms with Gasteiger partial charge in [-0.1, -0.05) is 91.0 Å². The van der Waals surface area contributed by atoms with Crippen molar-refractivity contribution in [1.29, 1.82) is 0 Å². The highest BCUT2D eigenvalue weighted by Crippen LogP contribution is 2.40. The quantitative estimate of drug-likeness (QED) is 0.180. The minimum atomic E-state index is 0.885. The third kappa shape index (κ3) is 4.57. The summed E-state index contributed by atoms with van der Waals surface area (Å²) in [6, 6.07) is 61.2. The molecule has 0 radical (unpaired) electrons. The zero-order valence-electron chi connectivity index (χ0n) is 31.4. The monoisotopic (exact) mass is 742 g/mol. The van der Waals surface area contributed by atoms with Crippen LogP contribution in [0, 0.1) is 0 Å². The lowest BCUT2D eigenvalue weighted by atomic mass is 9.97. The molecule has 0 saturated carbocycles. The summed E-state index contributed by atoms with van der Waals surface area (Å²) in [6.07, 6.45) is 6.73. The Kier molecular flexibility index (Phi) is 6.53. The lowest BCUT2D eigenvalue weighted by Gasteiger charge is -2.12. The minimum absolute atomic E-state index is 0.885. The average molecular weight is 743 g/mol. The van der Waals surface area contributed by atoms with Crippen molar-refractivity contribution in [2.24, 2.45) is 0 Å². The van der Waals surface area contributed by atoms with E-state index in [9.17, 15) is 0 Å². The van der Waals surface area contributed by atoms with Crippen LogP contribution in [0.25, 0.3) is 116 Å². The van der Waals surface area contributed by atoms with E-state index in [1.54, 1.807) is 0 Å². The van der Waals surface area contributed by atoms with Crippen molar-refractivity contribution in [3.63, 3.8) is 0 Å². The molecule has 4 aromatic heterocycles. The first-order chi connectivity index (χ1) is 28.7. The number of furan rings is 2. The van der Waals surface area contributed by atoms with Gasteiger partial charge >= 0.3 is 0 Å². The molecule has 8 aromatic carbocycles. The Hall–Kier alpha value is -7.56. The van der Waals surface area contributed by atoms with E-state index in [-0.39, 0.29) is 0 Å². The molecule has 0 bridgehead atoms. The first-order valence-corrected chi connectivity index (χ1v) is 20.0.